The summed E-state index contributed by atoms with van der Waals surface area (Å²) in [6.07, 6.45) is 0. The Kier molecular flexibility index (Phi) is 3.41. The maximum atomic E-state index is 5.47. The number of thiazole rings is 1. The SMILES string of the molecule is Cc1csc(CNCc2cc(C)oc2C)n1. The summed E-state index contributed by atoms with van der Waals surface area (Å²) in [4.78, 5) is 4.40. The summed E-state index contributed by atoms with van der Waals surface area (Å²) in [7, 11) is 0. The summed E-state index contributed by atoms with van der Waals surface area (Å²) in [6.45, 7) is 7.64. The molecule has 0 aliphatic carbocycles. The minimum atomic E-state index is 0.822. The molecule has 2 aromatic heterocycles. The first-order valence-corrected chi connectivity index (χ1v) is 6.21. The van der Waals surface area contributed by atoms with Crippen molar-refractivity contribution < 1.29 is 4.42 Å². The average Bonchev–Trinajstić information content (AvgIpc) is 2.74. The van der Waals surface area contributed by atoms with Crippen molar-refractivity contribution >= 4 is 11.3 Å². The van der Waals surface area contributed by atoms with Gasteiger partial charge in [-0.25, -0.2) is 4.98 Å². The highest BCUT2D eigenvalue weighted by atomic mass is 32.1. The van der Waals surface area contributed by atoms with Gasteiger partial charge < -0.3 is 9.73 Å². The molecule has 86 valence electrons. The van der Waals surface area contributed by atoms with Gasteiger partial charge in [0.2, 0.25) is 0 Å². The van der Waals surface area contributed by atoms with E-state index in [9.17, 15) is 0 Å². The number of aromatic nitrogens is 1. The third-order valence-corrected chi connectivity index (χ3v) is 3.37. The van der Waals surface area contributed by atoms with Crippen LogP contribution in [0, 0.1) is 20.8 Å². The van der Waals surface area contributed by atoms with E-state index in [0.29, 0.717) is 0 Å². The van der Waals surface area contributed by atoms with Crippen LogP contribution in [0.3, 0.4) is 0 Å². The number of nitrogens with one attached hydrogen (secondary N) is 1. The fourth-order valence-corrected chi connectivity index (χ4v) is 2.39. The maximum Gasteiger partial charge on any atom is 0.107 e. The Morgan fingerprint density at radius 3 is 2.69 bits per heavy atom. The van der Waals surface area contributed by atoms with E-state index in [2.05, 4.69) is 21.7 Å². The zero-order chi connectivity index (χ0) is 11.5. The lowest BCUT2D eigenvalue weighted by Gasteiger charge is -2.00. The Morgan fingerprint density at radius 1 is 1.31 bits per heavy atom. The van der Waals surface area contributed by atoms with Crippen molar-refractivity contribution in [1.82, 2.24) is 10.3 Å². The van der Waals surface area contributed by atoms with Gasteiger partial charge in [-0.05, 0) is 26.8 Å². The summed E-state index contributed by atoms with van der Waals surface area (Å²) >= 11 is 1.70. The predicted octanol–water partition coefficient (Wildman–Crippen LogP) is 2.95. The highest BCUT2D eigenvalue weighted by Crippen LogP contribution is 2.14. The third-order valence-electron chi connectivity index (χ3n) is 2.40. The van der Waals surface area contributed by atoms with Gasteiger partial charge in [-0.2, -0.15) is 0 Å². The van der Waals surface area contributed by atoms with Gasteiger partial charge in [0.1, 0.15) is 16.5 Å². The minimum Gasteiger partial charge on any atom is -0.466 e. The molecule has 0 saturated heterocycles. The Balaban J connectivity index is 1.86. The fourth-order valence-electron chi connectivity index (χ4n) is 1.65. The Hall–Kier alpha value is -1.13. The fraction of sp³-hybridized carbons (Fsp3) is 0.417. The van der Waals surface area contributed by atoms with Crippen molar-refractivity contribution in [2.24, 2.45) is 0 Å². The standard InChI is InChI=1S/C12H16N2OS/c1-8-7-16-12(14-8)6-13-5-11-4-9(2)15-10(11)3/h4,7,13H,5-6H2,1-3H3. The summed E-state index contributed by atoms with van der Waals surface area (Å²) in [5.41, 5.74) is 2.32. The zero-order valence-corrected chi connectivity index (χ0v) is 10.6. The molecular weight excluding hydrogens is 220 g/mol. The minimum absolute atomic E-state index is 0.822. The molecule has 0 unspecified atom stereocenters. The van der Waals surface area contributed by atoms with E-state index in [1.807, 2.05) is 20.8 Å². The molecule has 0 bridgehead atoms. The number of hydrogen-bond acceptors (Lipinski definition) is 4. The molecule has 0 saturated carbocycles. The van der Waals surface area contributed by atoms with Crippen LogP contribution in [0.25, 0.3) is 0 Å². The summed E-state index contributed by atoms with van der Waals surface area (Å²) < 4.78 is 5.47. The van der Waals surface area contributed by atoms with Crippen LogP contribution >= 0.6 is 11.3 Å². The molecule has 0 aliphatic heterocycles. The number of hydrogen-bond donors (Lipinski definition) is 1. The predicted molar refractivity (Wildman–Crippen MR) is 65.6 cm³/mol. The largest absolute Gasteiger partial charge is 0.466 e. The summed E-state index contributed by atoms with van der Waals surface area (Å²) in [5.74, 6) is 1.97. The number of aryl methyl sites for hydroxylation is 3. The van der Waals surface area contributed by atoms with Crippen molar-refractivity contribution in [2.75, 3.05) is 0 Å². The molecule has 3 nitrogen and oxygen atoms in total. The zero-order valence-electron chi connectivity index (χ0n) is 9.83. The topological polar surface area (TPSA) is 38.1 Å². The number of rotatable bonds is 4. The van der Waals surface area contributed by atoms with E-state index >= 15 is 0 Å². The Labute approximate surface area is 99.5 Å². The van der Waals surface area contributed by atoms with Crippen LogP contribution in [-0.4, -0.2) is 4.98 Å². The van der Waals surface area contributed by atoms with E-state index in [1.54, 1.807) is 11.3 Å². The van der Waals surface area contributed by atoms with Crippen LogP contribution in [0.5, 0.6) is 0 Å². The second kappa shape index (κ2) is 4.80. The molecule has 0 aromatic carbocycles. The van der Waals surface area contributed by atoms with Gasteiger partial charge in [0, 0.05) is 29.7 Å². The van der Waals surface area contributed by atoms with Gasteiger partial charge in [-0.3, -0.25) is 0 Å². The van der Waals surface area contributed by atoms with E-state index in [1.165, 1.54) is 5.56 Å². The molecule has 4 heteroatoms. The lowest BCUT2D eigenvalue weighted by Crippen LogP contribution is -2.12. The molecule has 0 atom stereocenters. The lowest BCUT2D eigenvalue weighted by atomic mass is 10.2. The van der Waals surface area contributed by atoms with Crippen LogP contribution in [0.2, 0.25) is 0 Å². The van der Waals surface area contributed by atoms with Crippen molar-refractivity contribution in [1.29, 1.82) is 0 Å². The highest BCUT2D eigenvalue weighted by molar-refractivity contribution is 7.09. The van der Waals surface area contributed by atoms with Crippen LogP contribution in [0.15, 0.2) is 15.9 Å². The molecule has 2 aromatic rings. The number of nitrogens with zero attached hydrogens (tertiary/aromatic N) is 1. The molecule has 0 amide bonds. The Bertz CT molecular complexity index is 473. The molecule has 2 rings (SSSR count). The van der Waals surface area contributed by atoms with Crippen molar-refractivity contribution in [2.45, 2.75) is 33.9 Å². The van der Waals surface area contributed by atoms with Gasteiger partial charge in [0.15, 0.2) is 0 Å². The molecular formula is C12H16N2OS. The van der Waals surface area contributed by atoms with Gasteiger partial charge in [-0.15, -0.1) is 11.3 Å². The van der Waals surface area contributed by atoms with E-state index in [-0.39, 0.29) is 0 Å². The second-order valence-corrected chi connectivity index (χ2v) is 4.87. The summed E-state index contributed by atoms with van der Waals surface area (Å²) in [5, 5.41) is 6.58. The molecule has 16 heavy (non-hydrogen) atoms. The molecule has 0 spiro atoms. The maximum absolute atomic E-state index is 5.47. The first kappa shape index (κ1) is 11.4. The monoisotopic (exact) mass is 236 g/mol. The van der Waals surface area contributed by atoms with Crippen LogP contribution in [0.1, 0.15) is 27.8 Å². The normalized spacial score (nSPS) is 10.9. The van der Waals surface area contributed by atoms with Gasteiger partial charge in [0.05, 0.1) is 0 Å². The van der Waals surface area contributed by atoms with Crippen molar-refractivity contribution in [3.05, 3.63) is 39.2 Å². The number of furan rings is 1. The van der Waals surface area contributed by atoms with E-state index < -0.39 is 0 Å². The molecule has 0 radical (unpaired) electrons. The lowest BCUT2D eigenvalue weighted by molar-refractivity contribution is 0.499. The van der Waals surface area contributed by atoms with Crippen molar-refractivity contribution in [3.63, 3.8) is 0 Å². The first-order valence-electron chi connectivity index (χ1n) is 5.33. The quantitative estimate of drug-likeness (QED) is 0.887. The van der Waals surface area contributed by atoms with Crippen molar-refractivity contribution in [3.8, 4) is 0 Å². The van der Waals surface area contributed by atoms with Crippen LogP contribution in [0.4, 0.5) is 0 Å². The summed E-state index contributed by atoms with van der Waals surface area (Å²) in [6, 6.07) is 2.08. The van der Waals surface area contributed by atoms with Crippen LogP contribution in [-0.2, 0) is 13.1 Å². The van der Waals surface area contributed by atoms with Crippen LogP contribution < -0.4 is 5.32 Å². The van der Waals surface area contributed by atoms with Gasteiger partial charge in [0.25, 0.3) is 0 Å². The average molecular weight is 236 g/mol. The smallest absolute Gasteiger partial charge is 0.107 e. The second-order valence-electron chi connectivity index (χ2n) is 3.92. The highest BCUT2D eigenvalue weighted by Gasteiger charge is 2.04. The Morgan fingerprint density at radius 2 is 2.12 bits per heavy atom. The van der Waals surface area contributed by atoms with Gasteiger partial charge in [-0.1, -0.05) is 0 Å². The molecule has 0 fully saturated rings. The van der Waals surface area contributed by atoms with E-state index in [4.69, 9.17) is 4.42 Å². The first-order chi connectivity index (χ1) is 7.65. The van der Waals surface area contributed by atoms with E-state index in [0.717, 1.165) is 35.3 Å². The van der Waals surface area contributed by atoms with Gasteiger partial charge >= 0.3 is 0 Å². The molecule has 0 aliphatic rings. The molecule has 2 heterocycles. The molecule has 1 N–H and O–H groups in total. The third kappa shape index (κ3) is 2.71.